The van der Waals surface area contributed by atoms with Gasteiger partial charge in [0.2, 0.25) is 5.75 Å². The van der Waals surface area contributed by atoms with E-state index in [4.69, 9.17) is 14.2 Å². The topological polar surface area (TPSA) is 40.6 Å². The molecule has 0 aliphatic heterocycles. The average Bonchev–Trinajstić information content (AvgIpc) is 2.59. The minimum absolute atomic E-state index is 0.155. The van der Waals surface area contributed by atoms with Crippen LogP contribution in [0.3, 0.4) is 0 Å². The summed E-state index contributed by atoms with van der Waals surface area (Å²) in [7, 11) is 3.11. The van der Waals surface area contributed by atoms with E-state index in [-0.39, 0.29) is 12.4 Å². The molecule has 23 heavy (non-hydrogen) atoms. The lowest BCUT2D eigenvalue weighted by atomic mass is 10.1. The summed E-state index contributed by atoms with van der Waals surface area (Å²) >= 11 is 0. The third-order valence-electron chi connectivity index (χ3n) is 3.50. The van der Waals surface area contributed by atoms with E-state index in [1.807, 2.05) is 12.1 Å². The molecule has 0 bridgehead atoms. The third kappa shape index (κ3) is 3.04. The molecule has 118 valence electrons. The Morgan fingerprint density at radius 1 is 1.00 bits per heavy atom. The van der Waals surface area contributed by atoms with Crippen LogP contribution >= 0.6 is 0 Å². The van der Waals surface area contributed by atoms with Crippen LogP contribution in [0.5, 0.6) is 17.2 Å². The molecule has 3 rings (SSSR count). The minimum atomic E-state index is -0.323. The summed E-state index contributed by atoms with van der Waals surface area (Å²) in [5.41, 5.74) is 1.37. The Morgan fingerprint density at radius 2 is 1.74 bits per heavy atom. The van der Waals surface area contributed by atoms with Crippen molar-refractivity contribution >= 4 is 10.9 Å². The maximum absolute atomic E-state index is 13.8. The molecule has 0 spiro atoms. The molecule has 4 nitrogen and oxygen atoms in total. The minimum Gasteiger partial charge on any atom is -0.493 e. The largest absolute Gasteiger partial charge is 0.493 e. The smallest absolute Gasteiger partial charge is 0.203 e. The number of ether oxygens (including phenoxy) is 3. The first-order valence-electron chi connectivity index (χ1n) is 7.10. The van der Waals surface area contributed by atoms with Gasteiger partial charge < -0.3 is 14.2 Å². The van der Waals surface area contributed by atoms with Crippen LogP contribution in [-0.4, -0.2) is 19.2 Å². The fourth-order valence-corrected chi connectivity index (χ4v) is 2.45. The molecule has 5 heteroatoms. The van der Waals surface area contributed by atoms with Crippen molar-refractivity contribution in [2.75, 3.05) is 14.2 Å². The first-order chi connectivity index (χ1) is 11.2. The van der Waals surface area contributed by atoms with Crippen LogP contribution in [0.15, 0.2) is 48.7 Å². The zero-order valence-electron chi connectivity index (χ0n) is 12.9. The maximum atomic E-state index is 13.8. The van der Waals surface area contributed by atoms with Crippen LogP contribution in [0.4, 0.5) is 4.39 Å². The molecule has 1 aromatic heterocycles. The van der Waals surface area contributed by atoms with Crippen molar-refractivity contribution in [3.8, 4) is 17.2 Å². The summed E-state index contributed by atoms with van der Waals surface area (Å²) in [6.07, 6.45) is 1.67. The predicted octanol–water partition coefficient (Wildman–Crippen LogP) is 3.97. The van der Waals surface area contributed by atoms with Gasteiger partial charge in [0.25, 0.3) is 0 Å². The summed E-state index contributed by atoms with van der Waals surface area (Å²) in [6, 6.07) is 11.8. The third-order valence-corrected chi connectivity index (χ3v) is 3.50. The number of para-hydroxylation sites is 1. The molecule has 0 aliphatic rings. The molecular formula is C18H16FNO3. The second-order valence-corrected chi connectivity index (χ2v) is 4.92. The molecule has 3 aromatic rings. The lowest BCUT2D eigenvalue weighted by molar-refractivity contribution is 0.266. The Labute approximate surface area is 133 Å². The molecule has 1 heterocycles. The van der Waals surface area contributed by atoms with Gasteiger partial charge in [0.05, 0.1) is 19.7 Å². The highest BCUT2D eigenvalue weighted by atomic mass is 19.1. The van der Waals surface area contributed by atoms with Crippen molar-refractivity contribution < 1.29 is 18.6 Å². The van der Waals surface area contributed by atoms with Crippen LogP contribution in [0.2, 0.25) is 0 Å². The van der Waals surface area contributed by atoms with Crippen molar-refractivity contribution in [2.24, 2.45) is 0 Å². The van der Waals surface area contributed by atoms with Gasteiger partial charge in [0.15, 0.2) is 11.5 Å². The van der Waals surface area contributed by atoms with E-state index in [1.165, 1.54) is 12.1 Å². The summed E-state index contributed by atoms with van der Waals surface area (Å²) in [5.74, 6) is 1.26. The standard InChI is InChI=1S/C18H16FNO3/c1-21-15-6-3-7-16(22-2)18(15)23-11-13-10-14(19)9-12-5-4-8-20-17(12)13/h3-10H,11H2,1-2H3. The summed E-state index contributed by atoms with van der Waals surface area (Å²) in [4.78, 5) is 4.31. The van der Waals surface area contributed by atoms with Crippen LogP contribution in [-0.2, 0) is 6.61 Å². The molecule has 0 saturated carbocycles. The Hall–Kier alpha value is -2.82. The normalized spacial score (nSPS) is 10.6. The van der Waals surface area contributed by atoms with Crippen molar-refractivity contribution in [3.05, 3.63) is 60.0 Å². The van der Waals surface area contributed by atoms with E-state index in [1.54, 1.807) is 38.6 Å². The number of hydrogen-bond acceptors (Lipinski definition) is 4. The summed E-state index contributed by atoms with van der Waals surface area (Å²) < 4.78 is 30.2. The highest BCUT2D eigenvalue weighted by molar-refractivity contribution is 5.81. The van der Waals surface area contributed by atoms with Gasteiger partial charge in [-0.25, -0.2) is 4.39 Å². The van der Waals surface area contributed by atoms with Crippen molar-refractivity contribution in [2.45, 2.75) is 6.61 Å². The van der Waals surface area contributed by atoms with Crippen LogP contribution in [0, 0.1) is 5.82 Å². The number of methoxy groups -OCH3 is 2. The molecule has 2 aromatic carbocycles. The quantitative estimate of drug-likeness (QED) is 0.714. The van der Waals surface area contributed by atoms with E-state index in [0.717, 1.165) is 5.39 Å². The van der Waals surface area contributed by atoms with Gasteiger partial charge in [-0.3, -0.25) is 4.98 Å². The number of hydrogen-bond donors (Lipinski definition) is 0. The number of aromatic nitrogens is 1. The van der Waals surface area contributed by atoms with E-state index in [9.17, 15) is 4.39 Å². The first-order valence-corrected chi connectivity index (χ1v) is 7.10. The summed E-state index contributed by atoms with van der Waals surface area (Å²) in [5, 5.41) is 0.734. The highest BCUT2D eigenvalue weighted by Gasteiger charge is 2.13. The number of halogens is 1. The van der Waals surface area contributed by atoms with E-state index in [2.05, 4.69) is 4.98 Å². The fraction of sp³-hybridized carbons (Fsp3) is 0.167. The molecule has 0 radical (unpaired) electrons. The predicted molar refractivity (Wildman–Crippen MR) is 85.6 cm³/mol. The van der Waals surface area contributed by atoms with Gasteiger partial charge in [-0.2, -0.15) is 0 Å². The lowest BCUT2D eigenvalue weighted by Gasteiger charge is -2.14. The zero-order valence-corrected chi connectivity index (χ0v) is 12.9. The average molecular weight is 313 g/mol. The molecule has 0 atom stereocenters. The van der Waals surface area contributed by atoms with Gasteiger partial charge in [-0.1, -0.05) is 12.1 Å². The number of nitrogens with zero attached hydrogens (tertiary/aromatic N) is 1. The molecule has 0 aliphatic carbocycles. The van der Waals surface area contributed by atoms with Gasteiger partial charge in [0, 0.05) is 17.1 Å². The maximum Gasteiger partial charge on any atom is 0.203 e. The Morgan fingerprint density at radius 3 is 2.43 bits per heavy atom. The summed E-state index contributed by atoms with van der Waals surface area (Å²) in [6.45, 7) is 0.155. The lowest BCUT2D eigenvalue weighted by Crippen LogP contribution is -2.01. The number of benzene rings is 2. The van der Waals surface area contributed by atoms with Crippen LogP contribution in [0.25, 0.3) is 10.9 Å². The second kappa shape index (κ2) is 6.52. The Kier molecular flexibility index (Phi) is 4.28. The monoisotopic (exact) mass is 313 g/mol. The number of rotatable bonds is 5. The van der Waals surface area contributed by atoms with E-state index < -0.39 is 0 Å². The van der Waals surface area contributed by atoms with Gasteiger partial charge in [0.1, 0.15) is 12.4 Å². The zero-order chi connectivity index (χ0) is 16.2. The Bertz CT molecular complexity index is 813. The molecule has 0 fully saturated rings. The van der Waals surface area contributed by atoms with Gasteiger partial charge >= 0.3 is 0 Å². The van der Waals surface area contributed by atoms with E-state index in [0.29, 0.717) is 28.3 Å². The molecule has 0 N–H and O–H groups in total. The molecular weight excluding hydrogens is 297 g/mol. The van der Waals surface area contributed by atoms with Crippen molar-refractivity contribution in [1.29, 1.82) is 0 Å². The van der Waals surface area contributed by atoms with Crippen LogP contribution in [0.1, 0.15) is 5.56 Å². The van der Waals surface area contributed by atoms with Crippen molar-refractivity contribution in [3.63, 3.8) is 0 Å². The van der Waals surface area contributed by atoms with Gasteiger partial charge in [-0.15, -0.1) is 0 Å². The second-order valence-electron chi connectivity index (χ2n) is 4.92. The fourth-order valence-electron chi connectivity index (χ4n) is 2.45. The molecule has 0 saturated heterocycles. The molecule has 0 amide bonds. The first kappa shape index (κ1) is 15.1. The van der Waals surface area contributed by atoms with Crippen molar-refractivity contribution in [1.82, 2.24) is 4.98 Å². The molecule has 0 unspecified atom stereocenters. The number of fused-ring (bicyclic) bond motifs is 1. The highest BCUT2D eigenvalue weighted by Crippen LogP contribution is 2.37. The Balaban J connectivity index is 1.96. The SMILES string of the molecule is COc1cccc(OC)c1OCc1cc(F)cc2cccnc12. The van der Waals surface area contributed by atoms with E-state index >= 15 is 0 Å². The van der Waals surface area contributed by atoms with Crippen LogP contribution < -0.4 is 14.2 Å². The van der Waals surface area contributed by atoms with Gasteiger partial charge in [-0.05, 0) is 30.3 Å². The number of pyridine rings is 1.